The van der Waals surface area contributed by atoms with Crippen LogP contribution in [0.1, 0.15) is 15.9 Å². The number of carbonyl (C=O) groups excluding carboxylic acids is 1. The molecule has 1 heterocycles. The van der Waals surface area contributed by atoms with Crippen LogP contribution in [0.15, 0.2) is 54.2 Å². The number of aromatic amines is 1. The molecule has 0 atom stereocenters. The lowest BCUT2D eigenvalue weighted by Gasteiger charge is -2.03. The van der Waals surface area contributed by atoms with Gasteiger partial charge in [0.25, 0.3) is 0 Å². The van der Waals surface area contributed by atoms with Gasteiger partial charge in [0.15, 0.2) is 0 Å². The van der Waals surface area contributed by atoms with E-state index in [9.17, 15) is 10.1 Å². The van der Waals surface area contributed by atoms with E-state index in [0.717, 1.165) is 16.5 Å². The maximum atomic E-state index is 12.8. The largest absolute Gasteiger partial charge is 0.497 e. The number of nitriles is 1. The van der Waals surface area contributed by atoms with E-state index in [0.29, 0.717) is 17.1 Å². The molecule has 1 aromatic heterocycles. The molecular formula is C20H16N2O3. The van der Waals surface area contributed by atoms with Crippen molar-refractivity contribution in [3.8, 4) is 17.6 Å². The molecule has 0 saturated heterocycles. The molecule has 0 bridgehead atoms. The minimum Gasteiger partial charge on any atom is -0.497 e. The van der Waals surface area contributed by atoms with Gasteiger partial charge in [-0.2, -0.15) is 5.26 Å². The number of nitrogens with one attached hydrogen (secondary N) is 1. The van der Waals surface area contributed by atoms with Crippen LogP contribution in [-0.2, 0) is 0 Å². The topological polar surface area (TPSA) is 75.1 Å². The van der Waals surface area contributed by atoms with Crippen LogP contribution in [0.5, 0.6) is 11.5 Å². The van der Waals surface area contributed by atoms with Gasteiger partial charge < -0.3 is 14.5 Å². The van der Waals surface area contributed by atoms with Crippen LogP contribution in [0.3, 0.4) is 0 Å². The van der Waals surface area contributed by atoms with Crippen molar-refractivity contribution in [2.75, 3.05) is 14.2 Å². The van der Waals surface area contributed by atoms with Crippen LogP contribution < -0.4 is 9.47 Å². The molecule has 3 aromatic rings. The van der Waals surface area contributed by atoms with Gasteiger partial charge in [0, 0.05) is 22.7 Å². The molecule has 0 spiro atoms. The van der Waals surface area contributed by atoms with E-state index in [2.05, 4.69) is 4.98 Å². The number of carbonyl (C=O) groups is 1. The molecule has 0 aliphatic heterocycles. The Hall–Kier alpha value is -3.52. The Kier molecular flexibility index (Phi) is 4.53. The summed E-state index contributed by atoms with van der Waals surface area (Å²) in [4.78, 5) is 15.9. The Balaban J connectivity index is 2.03. The Bertz CT molecular complexity index is 1010. The number of methoxy groups -OCH3 is 2. The summed E-state index contributed by atoms with van der Waals surface area (Å²) in [6.45, 7) is 0. The summed E-state index contributed by atoms with van der Waals surface area (Å²) in [6.07, 6.45) is 3.17. The normalized spacial score (nSPS) is 11.2. The highest BCUT2D eigenvalue weighted by molar-refractivity contribution is 6.20. The number of ketones is 1. The number of Topliss-reactive ketones (excluding diaryl/α,β-unsaturated/α-hetero) is 1. The number of aromatic nitrogens is 1. The molecule has 124 valence electrons. The molecule has 2 aromatic carbocycles. The molecule has 3 rings (SSSR count). The molecule has 0 fully saturated rings. The zero-order chi connectivity index (χ0) is 17.8. The van der Waals surface area contributed by atoms with Crippen molar-refractivity contribution in [2.24, 2.45) is 0 Å². The van der Waals surface area contributed by atoms with E-state index in [1.807, 2.05) is 24.3 Å². The van der Waals surface area contributed by atoms with Gasteiger partial charge in [0.2, 0.25) is 5.78 Å². The number of allylic oxidation sites excluding steroid dienone is 1. The van der Waals surface area contributed by atoms with Gasteiger partial charge in [-0.15, -0.1) is 0 Å². The third kappa shape index (κ3) is 3.24. The van der Waals surface area contributed by atoms with E-state index in [-0.39, 0.29) is 11.4 Å². The number of H-pyrrole nitrogens is 1. The second kappa shape index (κ2) is 6.93. The van der Waals surface area contributed by atoms with E-state index in [1.54, 1.807) is 50.8 Å². The van der Waals surface area contributed by atoms with Crippen LogP contribution in [0.4, 0.5) is 0 Å². The fraction of sp³-hybridized carbons (Fsp3) is 0.100. The average Bonchev–Trinajstić information content (AvgIpc) is 3.08. The van der Waals surface area contributed by atoms with Crippen molar-refractivity contribution in [3.05, 3.63) is 65.4 Å². The van der Waals surface area contributed by atoms with Crippen molar-refractivity contribution >= 4 is 22.8 Å². The molecule has 0 radical (unpaired) electrons. The lowest BCUT2D eigenvalue weighted by molar-refractivity contribution is 0.104. The Morgan fingerprint density at radius 2 is 1.88 bits per heavy atom. The van der Waals surface area contributed by atoms with E-state index >= 15 is 0 Å². The molecule has 1 N–H and O–H groups in total. The summed E-state index contributed by atoms with van der Waals surface area (Å²) in [6, 6.07) is 14.6. The van der Waals surface area contributed by atoms with Gasteiger partial charge in [-0.3, -0.25) is 4.79 Å². The smallest absolute Gasteiger partial charge is 0.205 e. The van der Waals surface area contributed by atoms with Crippen LogP contribution >= 0.6 is 0 Å². The monoisotopic (exact) mass is 332 g/mol. The molecule has 0 aliphatic rings. The standard InChI is InChI=1S/C20H16N2O3/c1-24-15-5-3-4-13(9-15)8-14(11-21)20(23)18-12-22-19-7-6-16(25-2)10-17(18)19/h3-10,12,22H,1-2H3/b14-8+. The highest BCUT2D eigenvalue weighted by Gasteiger charge is 2.17. The van der Waals surface area contributed by atoms with Gasteiger partial charge in [0.05, 0.1) is 14.2 Å². The molecule has 25 heavy (non-hydrogen) atoms. The van der Waals surface area contributed by atoms with Gasteiger partial charge in [0.1, 0.15) is 23.1 Å². The zero-order valence-corrected chi connectivity index (χ0v) is 13.9. The predicted octanol–water partition coefficient (Wildman–Crippen LogP) is 3.97. The number of nitrogens with zero attached hydrogens (tertiary/aromatic N) is 1. The van der Waals surface area contributed by atoms with Gasteiger partial charge >= 0.3 is 0 Å². The third-order valence-corrected chi connectivity index (χ3v) is 3.90. The first-order valence-electron chi connectivity index (χ1n) is 7.62. The van der Waals surface area contributed by atoms with Crippen molar-refractivity contribution in [1.82, 2.24) is 4.98 Å². The van der Waals surface area contributed by atoms with Crippen LogP contribution in [0.25, 0.3) is 17.0 Å². The van der Waals surface area contributed by atoms with Gasteiger partial charge in [-0.1, -0.05) is 12.1 Å². The highest BCUT2D eigenvalue weighted by Crippen LogP contribution is 2.26. The molecule has 0 saturated carbocycles. The van der Waals surface area contributed by atoms with E-state index < -0.39 is 0 Å². The van der Waals surface area contributed by atoms with E-state index in [1.165, 1.54) is 0 Å². The number of hydrogen-bond acceptors (Lipinski definition) is 4. The third-order valence-electron chi connectivity index (χ3n) is 3.90. The zero-order valence-electron chi connectivity index (χ0n) is 13.9. The van der Waals surface area contributed by atoms with Crippen molar-refractivity contribution in [2.45, 2.75) is 0 Å². The second-order valence-electron chi connectivity index (χ2n) is 5.39. The van der Waals surface area contributed by atoms with Crippen molar-refractivity contribution < 1.29 is 14.3 Å². The average molecular weight is 332 g/mol. The lowest BCUT2D eigenvalue weighted by Crippen LogP contribution is -2.01. The van der Waals surface area contributed by atoms with Crippen molar-refractivity contribution in [1.29, 1.82) is 5.26 Å². The maximum Gasteiger partial charge on any atom is 0.205 e. The summed E-state index contributed by atoms with van der Waals surface area (Å²) in [5.41, 5.74) is 2.02. The molecule has 0 amide bonds. The first-order valence-corrected chi connectivity index (χ1v) is 7.62. The quantitative estimate of drug-likeness (QED) is 0.436. The fourth-order valence-corrected chi connectivity index (χ4v) is 2.61. The minimum absolute atomic E-state index is 0.0528. The van der Waals surface area contributed by atoms with Crippen LogP contribution in [-0.4, -0.2) is 25.0 Å². The number of fused-ring (bicyclic) bond motifs is 1. The highest BCUT2D eigenvalue weighted by atomic mass is 16.5. The predicted molar refractivity (Wildman–Crippen MR) is 95.8 cm³/mol. The summed E-state index contributed by atoms with van der Waals surface area (Å²) in [5, 5.41) is 10.2. The fourth-order valence-electron chi connectivity index (χ4n) is 2.61. The lowest BCUT2D eigenvalue weighted by atomic mass is 10.0. The Morgan fingerprint density at radius 3 is 2.60 bits per heavy atom. The maximum absolute atomic E-state index is 12.8. The molecular weight excluding hydrogens is 316 g/mol. The molecule has 0 unspecified atom stereocenters. The SMILES string of the molecule is COc1cccc(/C=C(\C#N)C(=O)c2c[nH]c3ccc(OC)cc23)c1. The first-order chi connectivity index (χ1) is 12.2. The number of hydrogen-bond donors (Lipinski definition) is 1. The summed E-state index contributed by atoms with van der Waals surface area (Å²) in [7, 11) is 3.14. The summed E-state index contributed by atoms with van der Waals surface area (Å²) in [5.74, 6) is 0.969. The summed E-state index contributed by atoms with van der Waals surface area (Å²) >= 11 is 0. The van der Waals surface area contributed by atoms with E-state index in [4.69, 9.17) is 9.47 Å². The van der Waals surface area contributed by atoms with Crippen molar-refractivity contribution in [3.63, 3.8) is 0 Å². The Labute approximate surface area is 145 Å². The van der Waals surface area contributed by atoms with Gasteiger partial charge in [-0.05, 0) is 42.0 Å². The molecule has 0 aliphatic carbocycles. The van der Waals surface area contributed by atoms with Crippen LogP contribution in [0.2, 0.25) is 0 Å². The second-order valence-corrected chi connectivity index (χ2v) is 5.39. The molecule has 5 nitrogen and oxygen atoms in total. The Morgan fingerprint density at radius 1 is 1.12 bits per heavy atom. The van der Waals surface area contributed by atoms with Crippen LogP contribution in [0, 0.1) is 11.3 Å². The number of benzene rings is 2. The summed E-state index contributed by atoms with van der Waals surface area (Å²) < 4.78 is 10.4. The number of rotatable bonds is 5. The molecule has 5 heteroatoms. The first kappa shape index (κ1) is 16.3. The number of ether oxygens (including phenoxy) is 2. The minimum atomic E-state index is -0.343. The van der Waals surface area contributed by atoms with Gasteiger partial charge in [-0.25, -0.2) is 0 Å².